The van der Waals surface area contributed by atoms with Crippen LogP contribution in [-0.2, 0) is 0 Å². The molecule has 0 saturated heterocycles. The Hall–Kier alpha value is -2.32. The first-order chi connectivity index (χ1) is 10.5. The van der Waals surface area contributed by atoms with Crippen LogP contribution in [-0.4, -0.2) is 0 Å². The normalized spacial score (nSPS) is 10.7. The van der Waals surface area contributed by atoms with Gasteiger partial charge in [0, 0.05) is 11.1 Å². The molecule has 0 fully saturated rings. The fourth-order valence-corrected chi connectivity index (χ4v) is 2.70. The summed E-state index contributed by atoms with van der Waals surface area (Å²) in [6.07, 6.45) is 0. The van der Waals surface area contributed by atoms with Gasteiger partial charge in [0.2, 0.25) is 0 Å². The molecule has 0 radical (unpaired) electrons. The third-order valence-electron chi connectivity index (χ3n) is 3.60. The Morgan fingerprint density at radius 3 is 1.86 bits per heavy atom. The molecule has 1 aromatic heterocycles. The standard InChI is InChI=1S/C19H15ClO2/c1-12-11-18(21)19(13(2)22-12)16-5-3-14(4-6-16)15-7-9-17(20)10-8-15/h3-11H,1-2H3. The molecule has 0 bridgehead atoms. The van der Waals surface area contributed by atoms with Gasteiger partial charge < -0.3 is 4.42 Å². The number of hydrogen-bond donors (Lipinski definition) is 0. The van der Waals surface area contributed by atoms with Crippen molar-refractivity contribution in [1.29, 1.82) is 0 Å². The summed E-state index contributed by atoms with van der Waals surface area (Å²) in [6, 6.07) is 17.1. The van der Waals surface area contributed by atoms with Crippen molar-refractivity contribution in [2.75, 3.05) is 0 Å². The SMILES string of the molecule is Cc1cc(=O)c(-c2ccc(-c3ccc(Cl)cc3)cc2)c(C)o1. The maximum absolute atomic E-state index is 12.2. The van der Waals surface area contributed by atoms with Gasteiger partial charge in [0.1, 0.15) is 11.5 Å². The maximum Gasteiger partial charge on any atom is 0.193 e. The number of halogens is 1. The van der Waals surface area contributed by atoms with E-state index < -0.39 is 0 Å². The molecule has 0 amide bonds. The average Bonchev–Trinajstić information content (AvgIpc) is 2.48. The van der Waals surface area contributed by atoms with E-state index in [-0.39, 0.29) is 5.43 Å². The van der Waals surface area contributed by atoms with Crippen LogP contribution in [0.3, 0.4) is 0 Å². The number of aryl methyl sites for hydroxylation is 2. The van der Waals surface area contributed by atoms with Gasteiger partial charge in [-0.3, -0.25) is 4.79 Å². The highest BCUT2D eigenvalue weighted by Gasteiger charge is 2.10. The molecular formula is C19H15ClO2. The van der Waals surface area contributed by atoms with Gasteiger partial charge in [0.25, 0.3) is 0 Å². The minimum Gasteiger partial charge on any atom is -0.466 e. The lowest BCUT2D eigenvalue weighted by Crippen LogP contribution is -2.06. The summed E-state index contributed by atoms with van der Waals surface area (Å²) in [5.74, 6) is 1.27. The van der Waals surface area contributed by atoms with E-state index in [0.717, 1.165) is 16.7 Å². The van der Waals surface area contributed by atoms with E-state index in [2.05, 4.69) is 0 Å². The molecule has 3 heteroatoms. The number of benzene rings is 2. The minimum atomic E-state index is -0.0134. The molecule has 0 aliphatic heterocycles. The fraction of sp³-hybridized carbons (Fsp3) is 0.105. The molecule has 0 saturated carbocycles. The molecule has 0 N–H and O–H groups in total. The molecule has 22 heavy (non-hydrogen) atoms. The molecule has 0 spiro atoms. The van der Waals surface area contributed by atoms with E-state index >= 15 is 0 Å². The molecule has 0 aliphatic rings. The fourth-order valence-electron chi connectivity index (χ4n) is 2.57. The summed E-state index contributed by atoms with van der Waals surface area (Å²) in [5, 5.41) is 0.716. The van der Waals surface area contributed by atoms with Gasteiger partial charge in [-0.2, -0.15) is 0 Å². The smallest absolute Gasteiger partial charge is 0.193 e. The van der Waals surface area contributed by atoms with Gasteiger partial charge in [-0.05, 0) is 42.7 Å². The molecule has 3 rings (SSSR count). The molecule has 3 aromatic rings. The summed E-state index contributed by atoms with van der Waals surface area (Å²) in [6.45, 7) is 3.60. The first-order valence-corrected chi connectivity index (χ1v) is 7.40. The van der Waals surface area contributed by atoms with Crippen LogP contribution in [0.15, 0.2) is 63.8 Å². The molecule has 2 nitrogen and oxygen atoms in total. The molecular weight excluding hydrogens is 296 g/mol. The third kappa shape index (κ3) is 2.83. The molecule has 0 atom stereocenters. The largest absolute Gasteiger partial charge is 0.466 e. The summed E-state index contributed by atoms with van der Waals surface area (Å²) in [5.41, 5.74) is 3.64. The molecule has 110 valence electrons. The topological polar surface area (TPSA) is 30.2 Å². The Kier molecular flexibility index (Phi) is 3.86. The average molecular weight is 311 g/mol. The summed E-state index contributed by atoms with van der Waals surface area (Å²) in [4.78, 5) is 12.2. The summed E-state index contributed by atoms with van der Waals surface area (Å²) in [7, 11) is 0. The lowest BCUT2D eigenvalue weighted by Gasteiger charge is -2.07. The van der Waals surface area contributed by atoms with Gasteiger partial charge in [-0.1, -0.05) is 48.0 Å². The van der Waals surface area contributed by atoms with E-state index in [4.69, 9.17) is 16.0 Å². The lowest BCUT2D eigenvalue weighted by molar-refractivity contribution is 0.486. The van der Waals surface area contributed by atoms with Gasteiger partial charge in [0.15, 0.2) is 5.43 Å². The summed E-state index contributed by atoms with van der Waals surface area (Å²) < 4.78 is 5.56. The van der Waals surface area contributed by atoms with Crippen LogP contribution < -0.4 is 5.43 Å². The van der Waals surface area contributed by atoms with Crippen LogP contribution in [0.1, 0.15) is 11.5 Å². The van der Waals surface area contributed by atoms with Gasteiger partial charge in [0.05, 0.1) is 5.56 Å². The Balaban J connectivity index is 2.02. The van der Waals surface area contributed by atoms with Gasteiger partial charge >= 0.3 is 0 Å². The van der Waals surface area contributed by atoms with E-state index in [1.165, 1.54) is 6.07 Å². The highest BCUT2D eigenvalue weighted by Crippen LogP contribution is 2.26. The second kappa shape index (κ2) is 5.82. The first kappa shape index (κ1) is 14.6. The number of rotatable bonds is 2. The van der Waals surface area contributed by atoms with Crippen molar-refractivity contribution in [1.82, 2.24) is 0 Å². The van der Waals surface area contributed by atoms with Gasteiger partial charge in [-0.25, -0.2) is 0 Å². The van der Waals surface area contributed by atoms with Crippen molar-refractivity contribution >= 4 is 11.6 Å². The lowest BCUT2D eigenvalue weighted by atomic mass is 10.00. The highest BCUT2D eigenvalue weighted by molar-refractivity contribution is 6.30. The van der Waals surface area contributed by atoms with E-state index in [0.29, 0.717) is 22.1 Å². The predicted octanol–water partition coefficient (Wildman–Crippen LogP) is 5.24. The minimum absolute atomic E-state index is 0.0134. The quantitative estimate of drug-likeness (QED) is 0.647. The Labute approximate surface area is 134 Å². The monoisotopic (exact) mass is 310 g/mol. The molecule has 1 heterocycles. The van der Waals surface area contributed by atoms with Crippen LogP contribution in [0.4, 0.5) is 0 Å². The van der Waals surface area contributed by atoms with Crippen LogP contribution >= 0.6 is 11.6 Å². The van der Waals surface area contributed by atoms with E-state index in [9.17, 15) is 4.79 Å². The van der Waals surface area contributed by atoms with Gasteiger partial charge in [-0.15, -0.1) is 0 Å². The van der Waals surface area contributed by atoms with Crippen LogP contribution in [0, 0.1) is 13.8 Å². The van der Waals surface area contributed by atoms with Crippen molar-refractivity contribution in [2.45, 2.75) is 13.8 Å². The zero-order valence-corrected chi connectivity index (χ0v) is 13.1. The second-order valence-electron chi connectivity index (χ2n) is 5.24. The Bertz CT molecular complexity index is 859. The van der Waals surface area contributed by atoms with Crippen LogP contribution in [0.25, 0.3) is 22.3 Å². The zero-order chi connectivity index (χ0) is 15.7. The third-order valence-corrected chi connectivity index (χ3v) is 3.85. The maximum atomic E-state index is 12.2. The second-order valence-corrected chi connectivity index (χ2v) is 5.67. The number of hydrogen-bond acceptors (Lipinski definition) is 2. The molecule has 0 unspecified atom stereocenters. The first-order valence-electron chi connectivity index (χ1n) is 7.02. The Morgan fingerprint density at radius 2 is 1.32 bits per heavy atom. The predicted molar refractivity (Wildman–Crippen MR) is 90.3 cm³/mol. The van der Waals surface area contributed by atoms with E-state index in [1.54, 1.807) is 6.92 Å². The Morgan fingerprint density at radius 1 is 0.818 bits per heavy atom. The van der Waals surface area contributed by atoms with Crippen LogP contribution in [0.5, 0.6) is 0 Å². The van der Waals surface area contributed by atoms with Crippen LogP contribution in [0.2, 0.25) is 5.02 Å². The van der Waals surface area contributed by atoms with Crippen molar-refractivity contribution < 1.29 is 4.42 Å². The molecule has 0 aliphatic carbocycles. The highest BCUT2D eigenvalue weighted by atomic mass is 35.5. The van der Waals surface area contributed by atoms with Crippen molar-refractivity contribution in [3.05, 3.63) is 81.4 Å². The molecule has 2 aromatic carbocycles. The van der Waals surface area contributed by atoms with Crippen molar-refractivity contribution in [2.24, 2.45) is 0 Å². The van der Waals surface area contributed by atoms with Crippen molar-refractivity contribution in [3.63, 3.8) is 0 Å². The summed E-state index contributed by atoms with van der Waals surface area (Å²) >= 11 is 5.91. The van der Waals surface area contributed by atoms with Crippen molar-refractivity contribution in [3.8, 4) is 22.3 Å². The zero-order valence-electron chi connectivity index (χ0n) is 12.4. The van der Waals surface area contributed by atoms with E-state index in [1.807, 2.05) is 55.5 Å².